The van der Waals surface area contributed by atoms with Gasteiger partial charge in [-0.25, -0.2) is 0 Å². The first-order valence-electron chi connectivity index (χ1n) is 6.11. The molecule has 0 bridgehead atoms. The number of nitrogens with zero attached hydrogens (tertiary/aromatic N) is 4. The van der Waals surface area contributed by atoms with Crippen LogP contribution in [0, 0.1) is 19.6 Å². The number of fused-ring (bicyclic) bond motifs is 2. The Labute approximate surface area is 122 Å². The van der Waals surface area contributed by atoms with Gasteiger partial charge in [-0.1, -0.05) is 24.3 Å². The molecule has 3 aromatic rings. The predicted molar refractivity (Wildman–Crippen MR) is 83.3 cm³/mol. The highest BCUT2D eigenvalue weighted by Gasteiger charge is 2.20. The van der Waals surface area contributed by atoms with Gasteiger partial charge in [0.1, 0.15) is 22.7 Å². The van der Waals surface area contributed by atoms with Gasteiger partial charge in [-0.15, -0.1) is 19.6 Å². The largest absolute Gasteiger partial charge is 0.145 e. The Hall–Kier alpha value is -3.42. The molecule has 0 aliphatic carbocycles. The van der Waals surface area contributed by atoms with Crippen LogP contribution in [0.2, 0.25) is 0 Å². The van der Waals surface area contributed by atoms with E-state index in [4.69, 9.17) is 0 Å². The second-order valence-electron chi connectivity index (χ2n) is 4.46. The summed E-state index contributed by atoms with van der Waals surface area (Å²) in [5.41, 5.74) is -0.247. The maximum Gasteiger partial charge on any atom is 0.126 e. The Morgan fingerprint density at radius 1 is 0.545 bits per heavy atom. The van der Waals surface area contributed by atoms with Crippen LogP contribution >= 0.6 is 0 Å². The summed E-state index contributed by atoms with van der Waals surface area (Å²) in [6.45, 7) is 0. The van der Waals surface area contributed by atoms with Crippen molar-refractivity contribution in [3.8, 4) is 0 Å². The maximum absolute atomic E-state index is 11.3. The van der Waals surface area contributed by atoms with E-state index in [1.807, 2.05) is 0 Å². The lowest BCUT2D eigenvalue weighted by Crippen LogP contribution is -1.82. The Morgan fingerprint density at radius 3 is 1.27 bits per heavy atom. The van der Waals surface area contributed by atoms with E-state index in [2.05, 4.69) is 20.7 Å². The van der Waals surface area contributed by atoms with Crippen molar-refractivity contribution in [2.75, 3.05) is 0 Å². The smallest absolute Gasteiger partial charge is 0.126 e. The van der Waals surface area contributed by atoms with E-state index in [1.165, 1.54) is 36.4 Å². The quantitative estimate of drug-likeness (QED) is 0.460. The molecule has 0 fully saturated rings. The molecule has 0 atom stereocenters. The molecule has 0 amide bonds. The van der Waals surface area contributed by atoms with Crippen molar-refractivity contribution in [2.24, 2.45) is 20.7 Å². The minimum absolute atomic E-state index is 0.0386. The highest BCUT2D eigenvalue weighted by molar-refractivity contribution is 6.23. The molecule has 0 N–H and O–H groups in total. The van der Waals surface area contributed by atoms with Crippen molar-refractivity contribution in [2.45, 2.75) is 0 Å². The van der Waals surface area contributed by atoms with Crippen LogP contribution in [0.25, 0.3) is 21.5 Å². The number of nitroso groups, excluding NO2 is 4. The van der Waals surface area contributed by atoms with Crippen molar-refractivity contribution in [1.29, 1.82) is 0 Å². The standard InChI is InChI=1S/C14H6N4O4/c19-15-9-5-1-3-7-11(9)14(18-22)8-4-2-6-10(16-20)12(8)13(7)17-21/h1-6H. The minimum atomic E-state index is -0.0851. The van der Waals surface area contributed by atoms with E-state index in [1.54, 1.807) is 0 Å². The van der Waals surface area contributed by atoms with Gasteiger partial charge in [-0.05, 0) is 32.8 Å². The number of hydrogen-bond acceptors (Lipinski definition) is 8. The van der Waals surface area contributed by atoms with E-state index in [9.17, 15) is 19.6 Å². The molecule has 0 saturated heterocycles. The zero-order chi connectivity index (χ0) is 15.7. The number of hydrogen-bond donors (Lipinski definition) is 0. The molecule has 22 heavy (non-hydrogen) atoms. The van der Waals surface area contributed by atoms with E-state index >= 15 is 0 Å². The van der Waals surface area contributed by atoms with Gasteiger partial charge in [0.25, 0.3) is 0 Å². The van der Waals surface area contributed by atoms with Crippen LogP contribution in [-0.4, -0.2) is 0 Å². The number of rotatable bonds is 4. The topological polar surface area (TPSA) is 118 Å². The van der Waals surface area contributed by atoms with Crippen molar-refractivity contribution in [3.05, 3.63) is 56.0 Å². The molecule has 3 aromatic carbocycles. The van der Waals surface area contributed by atoms with Crippen molar-refractivity contribution in [1.82, 2.24) is 0 Å². The van der Waals surface area contributed by atoms with Crippen LogP contribution in [0.4, 0.5) is 22.7 Å². The lowest BCUT2D eigenvalue weighted by Gasteiger charge is -2.10. The van der Waals surface area contributed by atoms with Crippen molar-refractivity contribution >= 4 is 44.3 Å². The first kappa shape index (κ1) is 13.6. The van der Waals surface area contributed by atoms with Gasteiger partial charge >= 0.3 is 0 Å². The lowest BCUT2D eigenvalue weighted by molar-refractivity contribution is 1.48. The van der Waals surface area contributed by atoms with E-state index < -0.39 is 0 Å². The zero-order valence-corrected chi connectivity index (χ0v) is 10.9. The molecule has 106 valence electrons. The van der Waals surface area contributed by atoms with E-state index in [0.29, 0.717) is 0 Å². The third-order valence-corrected chi connectivity index (χ3v) is 3.45. The Balaban J connectivity index is 2.76. The average Bonchev–Trinajstić information content (AvgIpc) is 2.58. The van der Waals surface area contributed by atoms with Gasteiger partial charge in [-0.2, -0.15) is 0 Å². The van der Waals surface area contributed by atoms with Crippen molar-refractivity contribution < 1.29 is 0 Å². The van der Waals surface area contributed by atoms with Crippen molar-refractivity contribution in [3.63, 3.8) is 0 Å². The fourth-order valence-electron chi connectivity index (χ4n) is 2.58. The van der Waals surface area contributed by atoms with Crippen LogP contribution in [0.3, 0.4) is 0 Å². The highest BCUT2D eigenvalue weighted by atomic mass is 16.3. The van der Waals surface area contributed by atoms with Crippen LogP contribution in [0.5, 0.6) is 0 Å². The third-order valence-electron chi connectivity index (χ3n) is 3.45. The first-order valence-corrected chi connectivity index (χ1v) is 6.11. The second-order valence-corrected chi connectivity index (χ2v) is 4.46. The van der Waals surface area contributed by atoms with Gasteiger partial charge in [0, 0.05) is 21.5 Å². The summed E-state index contributed by atoms with van der Waals surface area (Å²) in [7, 11) is 0. The highest BCUT2D eigenvalue weighted by Crippen LogP contribution is 2.48. The lowest BCUT2D eigenvalue weighted by atomic mass is 9.97. The maximum atomic E-state index is 11.3. The molecule has 0 aliphatic rings. The van der Waals surface area contributed by atoms with E-state index in [0.717, 1.165) is 0 Å². The van der Waals surface area contributed by atoms with Crippen LogP contribution in [-0.2, 0) is 0 Å². The molecular weight excluding hydrogens is 288 g/mol. The van der Waals surface area contributed by atoms with Gasteiger partial charge in [0.15, 0.2) is 0 Å². The molecule has 8 heteroatoms. The fraction of sp³-hybridized carbons (Fsp3) is 0. The van der Waals surface area contributed by atoms with Gasteiger partial charge in [-0.3, -0.25) is 0 Å². The summed E-state index contributed by atoms with van der Waals surface area (Å²) >= 11 is 0. The summed E-state index contributed by atoms with van der Waals surface area (Å²) in [6.07, 6.45) is 0. The molecule has 0 heterocycles. The summed E-state index contributed by atoms with van der Waals surface area (Å²) < 4.78 is 0. The number of benzene rings is 3. The van der Waals surface area contributed by atoms with Crippen LogP contribution in [0.1, 0.15) is 0 Å². The Morgan fingerprint density at radius 2 is 0.955 bits per heavy atom. The molecule has 0 saturated carbocycles. The summed E-state index contributed by atoms with van der Waals surface area (Å²) in [5.74, 6) is 0. The molecule has 0 spiro atoms. The molecule has 0 radical (unpaired) electrons. The monoisotopic (exact) mass is 294 g/mol. The average molecular weight is 294 g/mol. The second kappa shape index (κ2) is 5.17. The fourth-order valence-corrected chi connectivity index (χ4v) is 2.58. The zero-order valence-electron chi connectivity index (χ0n) is 10.9. The normalized spacial score (nSPS) is 10.5. The molecule has 0 aromatic heterocycles. The minimum Gasteiger partial charge on any atom is -0.145 e. The molecule has 0 unspecified atom stereocenters. The van der Waals surface area contributed by atoms with Crippen LogP contribution < -0.4 is 0 Å². The Bertz CT molecular complexity index is 889. The summed E-state index contributed by atoms with van der Waals surface area (Å²) in [5, 5.41) is 12.3. The Kier molecular flexibility index (Phi) is 3.18. The van der Waals surface area contributed by atoms with Gasteiger partial charge in [0.2, 0.25) is 0 Å². The summed E-state index contributed by atoms with van der Waals surface area (Å²) in [4.78, 5) is 44.5. The first-order chi connectivity index (χ1) is 10.8. The molecule has 3 rings (SSSR count). The molecular formula is C14H6N4O4. The van der Waals surface area contributed by atoms with Gasteiger partial charge in [0.05, 0.1) is 0 Å². The molecule has 0 aliphatic heterocycles. The molecule has 8 nitrogen and oxygen atoms in total. The van der Waals surface area contributed by atoms with Crippen LogP contribution in [0.15, 0.2) is 57.1 Å². The third kappa shape index (κ3) is 1.71. The summed E-state index contributed by atoms with van der Waals surface area (Å²) in [6, 6.07) is 8.77. The van der Waals surface area contributed by atoms with E-state index in [-0.39, 0.29) is 44.3 Å². The SMILES string of the molecule is O=Nc1cccc2c(N=O)c3c(N=O)cccc3c(N=O)c12. The van der Waals surface area contributed by atoms with Gasteiger partial charge < -0.3 is 0 Å². The predicted octanol–water partition coefficient (Wildman–Crippen LogP) is 5.58.